The molecule has 1 heterocycles. The van der Waals surface area contributed by atoms with Gasteiger partial charge in [-0.05, 0) is 31.7 Å². The molecular formula is C17H25NO3. The second kappa shape index (κ2) is 8.15. The molecule has 1 aliphatic heterocycles. The highest BCUT2D eigenvalue weighted by Crippen LogP contribution is 2.22. The fourth-order valence-corrected chi connectivity index (χ4v) is 2.65. The van der Waals surface area contributed by atoms with E-state index in [0.717, 1.165) is 24.8 Å². The van der Waals surface area contributed by atoms with Gasteiger partial charge in [0.15, 0.2) is 0 Å². The van der Waals surface area contributed by atoms with Gasteiger partial charge >= 0.3 is 0 Å². The fourth-order valence-electron chi connectivity index (χ4n) is 2.65. The smallest absolute Gasteiger partial charge is 0.249 e. The lowest BCUT2D eigenvalue weighted by Crippen LogP contribution is -2.37. The number of carbonyl (C=O) groups is 1. The van der Waals surface area contributed by atoms with Gasteiger partial charge in [0.25, 0.3) is 0 Å². The minimum absolute atomic E-state index is 0.0217. The molecule has 0 aromatic heterocycles. The number of nitrogens with one attached hydrogen (secondary N) is 1. The quantitative estimate of drug-likeness (QED) is 0.840. The molecule has 1 aliphatic rings. The second-order valence-corrected chi connectivity index (χ2v) is 5.33. The standard InChI is InChI=1S/C17H25NO3/c1-3-14-10-11-15(21-14)17(19)18-12-16(20-4-2)13-8-6-5-7-9-13/h5-9,14-16H,3-4,10-12H2,1-2H3,(H,18,19)/t14-,15-,16-/m1/s1. The van der Waals surface area contributed by atoms with E-state index in [1.807, 2.05) is 37.3 Å². The van der Waals surface area contributed by atoms with E-state index >= 15 is 0 Å². The number of amides is 1. The molecule has 0 spiro atoms. The molecular weight excluding hydrogens is 266 g/mol. The van der Waals surface area contributed by atoms with Crippen molar-refractivity contribution in [3.8, 4) is 0 Å². The Balaban J connectivity index is 1.86. The summed E-state index contributed by atoms with van der Waals surface area (Å²) in [6.07, 6.45) is 2.58. The lowest BCUT2D eigenvalue weighted by molar-refractivity contribution is -0.132. The zero-order valence-electron chi connectivity index (χ0n) is 12.9. The van der Waals surface area contributed by atoms with Crippen molar-refractivity contribution < 1.29 is 14.3 Å². The summed E-state index contributed by atoms with van der Waals surface area (Å²) in [5, 5.41) is 2.96. The van der Waals surface area contributed by atoms with Crippen LogP contribution < -0.4 is 5.32 Å². The molecule has 1 amide bonds. The Hall–Kier alpha value is -1.39. The number of ether oxygens (including phenoxy) is 2. The summed E-state index contributed by atoms with van der Waals surface area (Å²) < 4.78 is 11.4. The second-order valence-electron chi connectivity index (χ2n) is 5.33. The van der Waals surface area contributed by atoms with Crippen molar-refractivity contribution >= 4 is 5.91 Å². The lowest BCUT2D eigenvalue weighted by atomic mass is 10.1. The van der Waals surface area contributed by atoms with Crippen LogP contribution in [0.2, 0.25) is 0 Å². The highest BCUT2D eigenvalue weighted by atomic mass is 16.5. The van der Waals surface area contributed by atoms with E-state index in [4.69, 9.17) is 9.47 Å². The molecule has 2 rings (SSSR count). The predicted molar refractivity (Wildman–Crippen MR) is 82.0 cm³/mol. The van der Waals surface area contributed by atoms with Gasteiger partial charge in [-0.2, -0.15) is 0 Å². The molecule has 1 aromatic carbocycles. The summed E-state index contributed by atoms with van der Waals surface area (Å²) in [4.78, 5) is 12.2. The Morgan fingerprint density at radius 1 is 1.33 bits per heavy atom. The van der Waals surface area contributed by atoms with Crippen molar-refractivity contribution in [2.75, 3.05) is 13.2 Å². The van der Waals surface area contributed by atoms with E-state index in [-0.39, 0.29) is 24.2 Å². The monoisotopic (exact) mass is 291 g/mol. The third kappa shape index (κ3) is 4.55. The third-order valence-corrected chi connectivity index (χ3v) is 3.86. The van der Waals surface area contributed by atoms with Crippen molar-refractivity contribution in [1.29, 1.82) is 0 Å². The van der Waals surface area contributed by atoms with Crippen LogP contribution in [0.15, 0.2) is 30.3 Å². The first-order valence-electron chi connectivity index (χ1n) is 7.84. The molecule has 1 N–H and O–H groups in total. The van der Waals surface area contributed by atoms with Gasteiger partial charge in [-0.1, -0.05) is 37.3 Å². The minimum atomic E-state index is -0.298. The van der Waals surface area contributed by atoms with Crippen LogP contribution in [0.25, 0.3) is 0 Å². The number of hydrogen-bond acceptors (Lipinski definition) is 3. The van der Waals surface area contributed by atoms with Crippen molar-refractivity contribution in [2.24, 2.45) is 0 Å². The van der Waals surface area contributed by atoms with Crippen LogP contribution in [-0.2, 0) is 14.3 Å². The molecule has 0 saturated carbocycles. The molecule has 1 aromatic rings. The lowest BCUT2D eigenvalue weighted by Gasteiger charge is -2.19. The van der Waals surface area contributed by atoms with Crippen molar-refractivity contribution in [1.82, 2.24) is 5.32 Å². The van der Waals surface area contributed by atoms with Gasteiger partial charge in [-0.15, -0.1) is 0 Å². The van der Waals surface area contributed by atoms with Crippen LogP contribution in [0.5, 0.6) is 0 Å². The first kappa shape index (κ1) is 16.0. The summed E-state index contributed by atoms with van der Waals surface area (Å²) in [5.41, 5.74) is 1.08. The Morgan fingerprint density at radius 2 is 2.10 bits per heavy atom. The Labute approximate surface area is 126 Å². The van der Waals surface area contributed by atoms with Crippen LogP contribution in [0.3, 0.4) is 0 Å². The molecule has 0 unspecified atom stereocenters. The normalized spacial score (nSPS) is 23.0. The summed E-state index contributed by atoms with van der Waals surface area (Å²) in [7, 11) is 0. The van der Waals surface area contributed by atoms with E-state index in [9.17, 15) is 4.79 Å². The highest BCUT2D eigenvalue weighted by molar-refractivity contribution is 5.81. The first-order chi connectivity index (χ1) is 10.2. The summed E-state index contributed by atoms with van der Waals surface area (Å²) >= 11 is 0. The topological polar surface area (TPSA) is 47.6 Å². The molecule has 0 radical (unpaired) electrons. The first-order valence-corrected chi connectivity index (χ1v) is 7.84. The Kier molecular flexibility index (Phi) is 6.21. The van der Waals surface area contributed by atoms with Gasteiger partial charge in [-0.25, -0.2) is 0 Å². The zero-order valence-corrected chi connectivity index (χ0v) is 12.9. The average Bonchev–Trinajstić information content (AvgIpc) is 3.01. The van der Waals surface area contributed by atoms with Crippen LogP contribution in [0.1, 0.15) is 44.8 Å². The van der Waals surface area contributed by atoms with Gasteiger partial charge in [0, 0.05) is 13.2 Å². The highest BCUT2D eigenvalue weighted by Gasteiger charge is 2.29. The van der Waals surface area contributed by atoms with Crippen molar-refractivity contribution in [2.45, 2.75) is 51.4 Å². The molecule has 0 bridgehead atoms. The van der Waals surface area contributed by atoms with Gasteiger partial charge < -0.3 is 14.8 Å². The number of carbonyl (C=O) groups excluding carboxylic acids is 1. The van der Waals surface area contributed by atoms with E-state index in [0.29, 0.717) is 13.2 Å². The Bertz CT molecular complexity index is 435. The molecule has 1 fully saturated rings. The van der Waals surface area contributed by atoms with Crippen LogP contribution in [-0.4, -0.2) is 31.3 Å². The van der Waals surface area contributed by atoms with E-state index in [1.54, 1.807) is 0 Å². The predicted octanol–water partition coefficient (Wildman–Crippen LogP) is 2.84. The maximum Gasteiger partial charge on any atom is 0.249 e. The van der Waals surface area contributed by atoms with Crippen LogP contribution in [0.4, 0.5) is 0 Å². The Morgan fingerprint density at radius 3 is 2.71 bits per heavy atom. The average molecular weight is 291 g/mol. The largest absolute Gasteiger partial charge is 0.372 e. The number of hydrogen-bond donors (Lipinski definition) is 1. The molecule has 21 heavy (non-hydrogen) atoms. The molecule has 116 valence electrons. The molecule has 4 nitrogen and oxygen atoms in total. The van der Waals surface area contributed by atoms with Crippen LogP contribution in [0, 0.1) is 0 Å². The third-order valence-electron chi connectivity index (χ3n) is 3.86. The molecule has 1 saturated heterocycles. The van der Waals surface area contributed by atoms with E-state index in [2.05, 4.69) is 12.2 Å². The summed E-state index contributed by atoms with van der Waals surface area (Å²) in [6, 6.07) is 9.98. The van der Waals surface area contributed by atoms with Crippen molar-refractivity contribution in [3.05, 3.63) is 35.9 Å². The summed E-state index contributed by atoms with van der Waals surface area (Å²) in [6.45, 7) is 5.15. The van der Waals surface area contributed by atoms with Gasteiger partial charge in [-0.3, -0.25) is 4.79 Å². The van der Waals surface area contributed by atoms with Crippen molar-refractivity contribution in [3.63, 3.8) is 0 Å². The fraction of sp³-hybridized carbons (Fsp3) is 0.588. The molecule has 0 aliphatic carbocycles. The number of rotatable bonds is 7. The maximum absolute atomic E-state index is 12.2. The SMILES string of the molecule is CCO[C@H](CNC(=O)[C@H]1CC[C@@H](CC)O1)c1ccccc1. The zero-order chi connectivity index (χ0) is 15.1. The summed E-state index contributed by atoms with van der Waals surface area (Å²) in [5.74, 6) is -0.0217. The van der Waals surface area contributed by atoms with Gasteiger partial charge in [0.2, 0.25) is 5.91 Å². The molecule has 4 heteroatoms. The van der Waals surface area contributed by atoms with Gasteiger partial charge in [0.1, 0.15) is 6.10 Å². The molecule has 3 atom stereocenters. The van der Waals surface area contributed by atoms with E-state index in [1.165, 1.54) is 0 Å². The minimum Gasteiger partial charge on any atom is -0.372 e. The van der Waals surface area contributed by atoms with Gasteiger partial charge in [0.05, 0.1) is 12.2 Å². The van der Waals surface area contributed by atoms with Crippen LogP contribution >= 0.6 is 0 Å². The number of benzene rings is 1. The van der Waals surface area contributed by atoms with E-state index < -0.39 is 0 Å². The maximum atomic E-state index is 12.2.